The van der Waals surface area contributed by atoms with Crippen molar-refractivity contribution >= 4 is 60.9 Å². The number of hydrogen-bond acceptors (Lipinski definition) is 5. The third kappa shape index (κ3) is 4.55. The lowest BCUT2D eigenvalue weighted by molar-refractivity contribution is 0.298. The fraction of sp³-hybridized carbons (Fsp3) is 0.125. The number of aryl methyl sites for hydroxylation is 1. The van der Waals surface area contributed by atoms with Crippen LogP contribution in [0.25, 0.3) is 22.0 Å². The summed E-state index contributed by atoms with van der Waals surface area (Å²) in [5.41, 5.74) is 1.72. The van der Waals surface area contributed by atoms with Gasteiger partial charge in [-0.05, 0) is 42.8 Å². The van der Waals surface area contributed by atoms with Crippen molar-refractivity contribution in [2.45, 2.75) is 17.9 Å². The quantitative estimate of drug-likeness (QED) is 0.238. The minimum absolute atomic E-state index is 0.154. The van der Waals surface area contributed by atoms with E-state index in [1.165, 1.54) is 29.0 Å². The number of H-pyrrole nitrogens is 1. The maximum atomic E-state index is 14.8. The second-order valence-electron chi connectivity index (χ2n) is 7.87. The molecule has 0 saturated carbocycles. The molecule has 0 aliphatic rings. The molecule has 0 atom stereocenters. The predicted octanol–water partition coefficient (Wildman–Crippen LogP) is 5.79. The van der Waals surface area contributed by atoms with Gasteiger partial charge in [0.1, 0.15) is 16.5 Å². The Bertz CT molecular complexity index is 1760. The molecule has 0 spiro atoms. The fourth-order valence-corrected chi connectivity index (χ4v) is 5.57. The molecule has 186 valence electrons. The molecule has 5 rings (SSSR count). The molecule has 8 nitrogen and oxygen atoms in total. The smallest absolute Gasteiger partial charge is 0.419 e. The van der Waals surface area contributed by atoms with Gasteiger partial charge in [0, 0.05) is 24.2 Å². The number of rotatable bonds is 8. The SMILES string of the molecule is O=c1oc2ccccc2n1CCCOc1ccc(S(=O)(=O)Nc2ccc(Cl)c3c(Cl)c[nH]c23)c(F)c1. The maximum absolute atomic E-state index is 14.8. The number of anilines is 1. The van der Waals surface area contributed by atoms with E-state index in [0.717, 1.165) is 12.1 Å². The first-order valence-corrected chi connectivity index (χ1v) is 13.0. The normalized spacial score (nSPS) is 11.9. The first-order valence-electron chi connectivity index (χ1n) is 10.7. The Morgan fingerprint density at radius 2 is 1.89 bits per heavy atom. The van der Waals surface area contributed by atoms with Gasteiger partial charge in [0.15, 0.2) is 5.58 Å². The van der Waals surface area contributed by atoms with E-state index in [4.69, 9.17) is 32.4 Å². The Hall–Kier alpha value is -3.47. The molecule has 2 N–H and O–H groups in total. The average Bonchev–Trinajstić information content (AvgIpc) is 3.38. The molecule has 0 radical (unpaired) electrons. The number of nitrogens with zero attached hydrogens (tertiary/aromatic N) is 1. The van der Waals surface area contributed by atoms with Crippen LogP contribution in [0.3, 0.4) is 0 Å². The second kappa shape index (κ2) is 9.53. The summed E-state index contributed by atoms with van der Waals surface area (Å²) < 4.78 is 55.2. The molecule has 0 unspecified atom stereocenters. The highest BCUT2D eigenvalue weighted by atomic mass is 35.5. The lowest BCUT2D eigenvalue weighted by atomic mass is 10.2. The van der Waals surface area contributed by atoms with Crippen molar-refractivity contribution in [2.75, 3.05) is 11.3 Å². The van der Waals surface area contributed by atoms with Crippen LogP contribution in [-0.4, -0.2) is 24.6 Å². The van der Waals surface area contributed by atoms with Crippen molar-refractivity contribution in [1.29, 1.82) is 0 Å². The summed E-state index contributed by atoms with van der Waals surface area (Å²) in [5.74, 6) is -1.29. The zero-order chi connectivity index (χ0) is 25.4. The van der Waals surface area contributed by atoms with E-state index in [2.05, 4.69) is 9.71 Å². The molecule has 12 heteroatoms. The van der Waals surface area contributed by atoms with E-state index in [1.54, 1.807) is 24.3 Å². The van der Waals surface area contributed by atoms with Crippen LogP contribution in [0, 0.1) is 5.82 Å². The number of halogens is 3. The van der Waals surface area contributed by atoms with Gasteiger partial charge in [-0.25, -0.2) is 17.6 Å². The van der Waals surface area contributed by atoms with Gasteiger partial charge in [-0.2, -0.15) is 0 Å². The summed E-state index contributed by atoms with van der Waals surface area (Å²) in [6.07, 6.45) is 1.92. The molecule has 0 saturated heterocycles. The van der Waals surface area contributed by atoms with Crippen molar-refractivity contribution in [3.8, 4) is 5.75 Å². The molecule has 2 aromatic heterocycles. The topological polar surface area (TPSA) is 106 Å². The molecular formula is C24H18Cl2FN3O5S. The van der Waals surface area contributed by atoms with E-state index in [9.17, 15) is 17.6 Å². The third-order valence-electron chi connectivity index (χ3n) is 5.54. The minimum atomic E-state index is -4.27. The van der Waals surface area contributed by atoms with E-state index in [-0.39, 0.29) is 18.0 Å². The zero-order valence-electron chi connectivity index (χ0n) is 18.4. The molecule has 3 aromatic carbocycles. The number of ether oxygens (including phenoxy) is 1. The summed E-state index contributed by atoms with van der Waals surface area (Å²) in [6, 6.07) is 13.5. The summed E-state index contributed by atoms with van der Waals surface area (Å²) in [5, 5.41) is 1.13. The van der Waals surface area contributed by atoms with Crippen LogP contribution in [0.2, 0.25) is 10.0 Å². The van der Waals surface area contributed by atoms with E-state index in [0.29, 0.717) is 45.0 Å². The van der Waals surface area contributed by atoms with Crippen molar-refractivity contribution < 1.29 is 22.0 Å². The number of aromatic nitrogens is 2. The largest absolute Gasteiger partial charge is 0.493 e. The van der Waals surface area contributed by atoms with Crippen molar-refractivity contribution in [2.24, 2.45) is 0 Å². The molecule has 0 aliphatic heterocycles. The van der Waals surface area contributed by atoms with Gasteiger partial charge in [0.2, 0.25) is 0 Å². The lowest BCUT2D eigenvalue weighted by Crippen LogP contribution is -2.16. The summed E-state index contributed by atoms with van der Waals surface area (Å²) in [6.45, 7) is 0.513. The van der Waals surface area contributed by atoms with Crippen LogP contribution < -0.4 is 15.2 Å². The summed E-state index contributed by atoms with van der Waals surface area (Å²) in [4.78, 5) is 14.3. The number of fused-ring (bicyclic) bond motifs is 2. The Morgan fingerprint density at radius 3 is 2.69 bits per heavy atom. The van der Waals surface area contributed by atoms with Crippen LogP contribution in [0.5, 0.6) is 5.75 Å². The first kappa shape index (κ1) is 24.2. The highest BCUT2D eigenvalue weighted by molar-refractivity contribution is 7.92. The Morgan fingerprint density at radius 1 is 1.08 bits per heavy atom. The first-order chi connectivity index (χ1) is 17.2. The standard InChI is InChI=1S/C24H18Cl2FN3O5S/c25-15-7-8-18(23-22(15)16(26)13-28-23)29-36(32,33)21-9-6-14(12-17(21)27)34-11-3-10-30-19-4-1-2-5-20(19)35-24(30)31/h1-2,4-9,12-13,28-29H,3,10-11H2. The Labute approximate surface area is 214 Å². The number of para-hydroxylation sites is 2. The number of nitrogens with one attached hydrogen (secondary N) is 2. The molecule has 2 heterocycles. The highest BCUT2D eigenvalue weighted by Gasteiger charge is 2.22. The second-order valence-corrected chi connectivity index (χ2v) is 10.3. The predicted molar refractivity (Wildman–Crippen MR) is 136 cm³/mol. The van der Waals surface area contributed by atoms with Gasteiger partial charge in [-0.1, -0.05) is 35.3 Å². The molecular weight excluding hydrogens is 532 g/mol. The molecule has 36 heavy (non-hydrogen) atoms. The highest BCUT2D eigenvalue weighted by Crippen LogP contribution is 2.35. The van der Waals surface area contributed by atoms with Gasteiger partial charge < -0.3 is 14.1 Å². The van der Waals surface area contributed by atoms with Gasteiger partial charge in [-0.15, -0.1) is 0 Å². The van der Waals surface area contributed by atoms with Crippen LogP contribution >= 0.6 is 23.2 Å². The fourth-order valence-electron chi connectivity index (χ4n) is 3.88. The average molecular weight is 550 g/mol. The number of aromatic amines is 1. The van der Waals surface area contributed by atoms with Gasteiger partial charge in [-0.3, -0.25) is 9.29 Å². The van der Waals surface area contributed by atoms with Crippen LogP contribution in [-0.2, 0) is 16.6 Å². The molecule has 0 bridgehead atoms. The van der Waals surface area contributed by atoms with E-state index < -0.39 is 26.5 Å². The van der Waals surface area contributed by atoms with Crippen LogP contribution in [0.1, 0.15) is 6.42 Å². The van der Waals surface area contributed by atoms with E-state index in [1.807, 2.05) is 0 Å². The molecule has 0 amide bonds. The number of hydrogen-bond donors (Lipinski definition) is 2. The maximum Gasteiger partial charge on any atom is 0.419 e. The van der Waals surface area contributed by atoms with Gasteiger partial charge >= 0.3 is 5.76 Å². The Balaban J connectivity index is 1.27. The minimum Gasteiger partial charge on any atom is -0.493 e. The van der Waals surface area contributed by atoms with Crippen molar-refractivity contribution in [1.82, 2.24) is 9.55 Å². The number of benzene rings is 3. The summed E-state index contributed by atoms with van der Waals surface area (Å²) >= 11 is 12.3. The third-order valence-corrected chi connectivity index (χ3v) is 7.55. The molecule has 0 fully saturated rings. The van der Waals surface area contributed by atoms with E-state index >= 15 is 0 Å². The van der Waals surface area contributed by atoms with Crippen molar-refractivity contribution in [3.05, 3.63) is 87.2 Å². The monoisotopic (exact) mass is 549 g/mol. The number of oxazole rings is 1. The summed E-state index contributed by atoms with van der Waals surface area (Å²) in [7, 11) is -4.27. The molecule has 0 aliphatic carbocycles. The zero-order valence-corrected chi connectivity index (χ0v) is 20.8. The van der Waals surface area contributed by atoms with Gasteiger partial charge in [0.05, 0.1) is 33.4 Å². The molecule has 5 aromatic rings. The van der Waals surface area contributed by atoms with Crippen molar-refractivity contribution in [3.63, 3.8) is 0 Å². The number of sulfonamides is 1. The van der Waals surface area contributed by atoms with Crippen LogP contribution in [0.4, 0.5) is 10.1 Å². The van der Waals surface area contributed by atoms with Crippen LogP contribution in [0.15, 0.2) is 74.9 Å². The lowest BCUT2D eigenvalue weighted by Gasteiger charge is -2.12. The van der Waals surface area contributed by atoms with Gasteiger partial charge in [0.25, 0.3) is 10.0 Å². The Kier molecular flexibility index (Phi) is 6.42.